The number of rotatable bonds is 1. The Morgan fingerprint density at radius 2 is 1.75 bits per heavy atom. The van der Waals surface area contributed by atoms with E-state index in [1.54, 1.807) is 24.3 Å². The summed E-state index contributed by atoms with van der Waals surface area (Å²) in [6, 6.07) is 9.39. The van der Waals surface area contributed by atoms with Gasteiger partial charge in [0, 0.05) is 10.6 Å². The topological polar surface area (TPSA) is 20.2 Å². The van der Waals surface area contributed by atoms with E-state index in [2.05, 4.69) is 0 Å². The van der Waals surface area contributed by atoms with Crippen LogP contribution in [0.4, 0.5) is 4.39 Å². The molecule has 0 atom stereocenters. The van der Waals surface area contributed by atoms with Gasteiger partial charge in [-0.25, -0.2) is 4.39 Å². The van der Waals surface area contributed by atoms with Crippen molar-refractivity contribution < 1.29 is 9.50 Å². The van der Waals surface area contributed by atoms with Crippen LogP contribution in [0.15, 0.2) is 36.4 Å². The lowest BCUT2D eigenvalue weighted by Gasteiger charge is -2.07. The van der Waals surface area contributed by atoms with Gasteiger partial charge in [0.1, 0.15) is 11.6 Å². The highest BCUT2D eigenvalue weighted by Gasteiger charge is 2.08. The fourth-order valence-electron chi connectivity index (χ4n) is 1.66. The van der Waals surface area contributed by atoms with Crippen molar-refractivity contribution in [2.45, 2.75) is 6.92 Å². The third kappa shape index (κ3) is 2.02. The molecular weight excluding hydrogens is 227 g/mol. The van der Waals surface area contributed by atoms with E-state index in [-0.39, 0.29) is 11.6 Å². The Morgan fingerprint density at radius 1 is 1.06 bits per heavy atom. The van der Waals surface area contributed by atoms with Gasteiger partial charge in [0.15, 0.2) is 0 Å². The van der Waals surface area contributed by atoms with E-state index >= 15 is 0 Å². The third-order valence-electron chi connectivity index (χ3n) is 2.43. The zero-order valence-corrected chi connectivity index (χ0v) is 9.42. The number of hydrogen-bond donors (Lipinski definition) is 1. The average molecular weight is 237 g/mol. The normalized spacial score (nSPS) is 10.4. The van der Waals surface area contributed by atoms with Crippen LogP contribution < -0.4 is 0 Å². The van der Waals surface area contributed by atoms with Crippen molar-refractivity contribution in [1.29, 1.82) is 0 Å². The highest BCUT2D eigenvalue weighted by molar-refractivity contribution is 6.30. The third-order valence-corrected chi connectivity index (χ3v) is 2.67. The maximum Gasteiger partial charge on any atom is 0.132 e. The lowest BCUT2D eigenvalue weighted by molar-refractivity contribution is 0.475. The second-order valence-electron chi connectivity index (χ2n) is 3.62. The lowest BCUT2D eigenvalue weighted by atomic mass is 10.00. The molecule has 16 heavy (non-hydrogen) atoms. The van der Waals surface area contributed by atoms with E-state index in [9.17, 15) is 9.50 Å². The minimum atomic E-state index is -0.360. The summed E-state index contributed by atoms with van der Waals surface area (Å²) >= 11 is 5.69. The van der Waals surface area contributed by atoms with Crippen LogP contribution in [0.2, 0.25) is 5.02 Å². The largest absolute Gasteiger partial charge is 0.508 e. The van der Waals surface area contributed by atoms with Crippen molar-refractivity contribution >= 4 is 11.6 Å². The molecule has 2 rings (SSSR count). The van der Waals surface area contributed by atoms with Gasteiger partial charge in [0.2, 0.25) is 0 Å². The number of hydrogen-bond acceptors (Lipinski definition) is 1. The van der Waals surface area contributed by atoms with Gasteiger partial charge in [-0.2, -0.15) is 0 Å². The Balaban J connectivity index is 2.59. The molecular formula is C13H10ClFO. The van der Waals surface area contributed by atoms with E-state index in [0.29, 0.717) is 10.6 Å². The Hall–Kier alpha value is -1.54. The number of benzene rings is 2. The summed E-state index contributed by atoms with van der Waals surface area (Å²) in [6.07, 6.45) is 0. The molecule has 0 fully saturated rings. The molecule has 1 nitrogen and oxygen atoms in total. The minimum Gasteiger partial charge on any atom is -0.508 e. The average Bonchev–Trinajstić information content (AvgIpc) is 2.19. The highest BCUT2D eigenvalue weighted by atomic mass is 35.5. The Kier molecular flexibility index (Phi) is 2.84. The molecule has 1 N–H and O–H groups in total. The monoisotopic (exact) mass is 236 g/mol. The first-order valence-electron chi connectivity index (χ1n) is 4.83. The molecule has 0 aromatic heterocycles. The summed E-state index contributed by atoms with van der Waals surface area (Å²) < 4.78 is 13.7. The Bertz CT molecular complexity index is 488. The molecule has 0 radical (unpaired) electrons. The summed E-state index contributed by atoms with van der Waals surface area (Å²) in [4.78, 5) is 0. The van der Waals surface area contributed by atoms with Gasteiger partial charge in [-0.1, -0.05) is 17.7 Å². The van der Waals surface area contributed by atoms with Crippen LogP contribution in [0, 0.1) is 12.7 Å². The zero-order chi connectivity index (χ0) is 11.7. The summed E-state index contributed by atoms with van der Waals surface area (Å²) in [7, 11) is 0. The van der Waals surface area contributed by atoms with E-state index in [0.717, 1.165) is 11.1 Å². The maximum absolute atomic E-state index is 13.7. The summed E-state index contributed by atoms with van der Waals surface area (Å²) in [5.74, 6) is -0.183. The molecule has 0 aliphatic rings. The van der Waals surface area contributed by atoms with Crippen molar-refractivity contribution in [1.82, 2.24) is 0 Å². The number of aromatic hydroxyl groups is 1. The van der Waals surface area contributed by atoms with Gasteiger partial charge >= 0.3 is 0 Å². The molecule has 0 aliphatic carbocycles. The highest BCUT2D eigenvalue weighted by Crippen LogP contribution is 2.29. The maximum atomic E-state index is 13.7. The Morgan fingerprint density at radius 3 is 2.38 bits per heavy atom. The number of aryl methyl sites for hydroxylation is 1. The number of halogens is 2. The fourth-order valence-corrected chi connectivity index (χ4v) is 1.82. The first kappa shape index (κ1) is 11.0. The first-order valence-corrected chi connectivity index (χ1v) is 5.21. The van der Waals surface area contributed by atoms with Crippen LogP contribution in [-0.2, 0) is 0 Å². The van der Waals surface area contributed by atoms with Crippen LogP contribution in [0.5, 0.6) is 5.75 Å². The molecule has 2 aromatic carbocycles. The first-order chi connectivity index (χ1) is 7.58. The summed E-state index contributed by atoms with van der Waals surface area (Å²) in [5.41, 5.74) is 2.06. The van der Waals surface area contributed by atoms with Gasteiger partial charge in [0.25, 0.3) is 0 Å². The predicted octanol–water partition coefficient (Wildman–Crippen LogP) is 4.16. The zero-order valence-electron chi connectivity index (χ0n) is 8.67. The number of phenols is 1. The molecule has 3 heteroatoms. The molecule has 2 aromatic rings. The predicted molar refractivity (Wildman–Crippen MR) is 63.2 cm³/mol. The van der Waals surface area contributed by atoms with E-state index in [1.165, 1.54) is 12.1 Å². The van der Waals surface area contributed by atoms with Crippen molar-refractivity contribution in [3.8, 4) is 16.9 Å². The second kappa shape index (κ2) is 4.14. The van der Waals surface area contributed by atoms with E-state index in [1.807, 2.05) is 6.92 Å². The quantitative estimate of drug-likeness (QED) is 0.788. The smallest absolute Gasteiger partial charge is 0.132 e. The van der Waals surface area contributed by atoms with Crippen LogP contribution in [0.25, 0.3) is 11.1 Å². The summed E-state index contributed by atoms with van der Waals surface area (Å²) in [5, 5.41) is 9.66. The Labute approximate surface area is 98.1 Å². The summed E-state index contributed by atoms with van der Waals surface area (Å²) in [6.45, 7) is 1.82. The molecule has 0 amide bonds. The van der Waals surface area contributed by atoms with Gasteiger partial charge in [-0.3, -0.25) is 0 Å². The molecule has 0 unspecified atom stereocenters. The van der Waals surface area contributed by atoms with Gasteiger partial charge in [0.05, 0.1) is 0 Å². The second-order valence-corrected chi connectivity index (χ2v) is 4.06. The molecule has 0 heterocycles. The molecule has 0 aliphatic heterocycles. The van der Waals surface area contributed by atoms with Gasteiger partial charge < -0.3 is 5.11 Å². The van der Waals surface area contributed by atoms with Gasteiger partial charge in [-0.05, 0) is 48.4 Å². The molecule has 0 bridgehead atoms. The van der Waals surface area contributed by atoms with Crippen LogP contribution in [-0.4, -0.2) is 5.11 Å². The van der Waals surface area contributed by atoms with Crippen molar-refractivity contribution in [2.75, 3.05) is 0 Å². The van der Waals surface area contributed by atoms with Gasteiger partial charge in [-0.15, -0.1) is 0 Å². The molecule has 82 valence electrons. The van der Waals surface area contributed by atoms with Crippen LogP contribution >= 0.6 is 11.6 Å². The number of phenolic OH excluding ortho intramolecular Hbond substituents is 1. The van der Waals surface area contributed by atoms with Crippen LogP contribution in [0.3, 0.4) is 0 Å². The van der Waals surface area contributed by atoms with Crippen LogP contribution in [0.1, 0.15) is 5.56 Å². The lowest BCUT2D eigenvalue weighted by Crippen LogP contribution is -1.87. The molecule has 0 saturated carbocycles. The van der Waals surface area contributed by atoms with Crippen molar-refractivity contribution in [3.63, 3.8) is 0 Å². The van der Waals surface area contributed by atoms with E-state index in [4.69, 9.17) is 11.6 Å². The SMILES string of the molecule is Cc1cc(O)ccc1-c1ccc(Cl)cc1F. The fraction of sp³-hybridized carbons (Fsp3) is 0.0769. The minimum absolute atomic E-state index is 0.177. The van der Waals surface area contributed by atoms with E-state index < -0.39 is 0 Å². The van der Waals surface area contributed by atoms with Crippen molar-refractivity contribution in [3.05, 3.63) is 52.8 Å². The molecule has 0 spiro atoms. The van der Waals surface area contributed by atoms with Crippen molar-refractivity contribution in [2.24, 2.45) is 0 Å². The molecule has 0 saturated heterocycles. The standard InChI is InChI=1S/C13H10ClFO/c1-8-6-10(16)3-5-11(8)12-4-2-9(14)7-13(12)15/h2-7,16H,1H3.